The molecule has 0 atom stereocenters. The molecule has 0 fully saturated rings. The Hall–Kier alpha value is -2.38. The van der Waals surface area contributed by atoms with Crippen LogP contribution in [-0.4, -0.2) is 44.7 Å². The van der Waals surface area contributed by atoms with Crippen molar-refractivity contribution in [1.29, 1.82) is 0 Å². The summed E-state index contributed by atoms with van der Waals surface area (Å²) in [5.74, 6) is -0.469. The molecule has 0 bridgehead atoms. The summed E-state index contributed by atoms with van der Waals surface area (Å²) < 4.78 is 1.53. The topological polar surface area (TPSA) is 113 Å². The lowest BCUT2D eigenvalue weighted by atomic mass is 10.1. The van der Waals surface area contributed by atoms with Crippen molar-refractivity contribution in [3.63, 3.8) is 0 Å². The number of amides is 1. The quantitative estimate of drug-likeness (QED) is 0.576. The molecule has 112 valence electrons. The van der Waals surface area contributed by atoms with Crippen LogP contribution in [0.25, 0.3) is 5.69 Å². The number of hydrogen-bond donors (Lipinski definition) is 4. The number of nitrogen functional groups attached to an aromatic ring is 1. The van der Waals surface area contributed by atoms with Gasteiger partial charge in [0.05, 0.1) is 24.4 Å². The first-order chi connectivity index (χ1) is 9.97. The van der Waals surface area contributed by atoms with Gasteiger partial charge in [0.1, 0.15) is 0 Å². The molecule has 0 aliphatic carbocycles. The molecular formula is C14H18N4O3. The highest BCUT2D eigenvalue weighted by Gasteiger charge is 2.26. The van der Waals surface area contributed by atoms with Gasteiger partial charge in [-0.25, -0.2) is 4.68 Å². The van der Waals surface area contributed by atoms with E-state index in [-0.39, 0.29) is 18.9 Å². The standard InChI is InChI=1S/C14H18N4O3/c1-14(8-19,9-20)16-13(21)12-5-6-18(17-12)11-4-2-3-10(15)7-11/h2-7,19-20H,8-9,15H2,1H3,(H,16,21). The molecule has 5 N–H and O–H groups in total. The predicted octanol–water partition coefficient (Wildman–Crippen LogP) is -0.0724. The molecule has 1 amide bonds. The minimum Gasteiger partial charge on any atom is -0.399 e. The lowest BCUT2D eigenvalue weighted by Crippen LogP contribution is -2.51. The van der Waals surface area contributed by atoms with Crippen molar-refractivity contribution in [1.82, 2.24) is 15.1 Å². The van der Waals surface area contributed by atoms with Gasteiger partial charge in [-0.3, -0.25) is 4.79 Å². The average molecular weight is 290 g/mol. The van der Waals surface area contributed by atoms with Crippen LogP contribution in [0.5, 0.6) is 0 Å². The highest BCUT2D eigenvalue weighted by molar-refractivity contribution is 5.92. The number of aliphatic hydroxyl groups excluding tert-OH is 2. The second kappa shape index (κ2) is 5.94. The first kappa shape index (κ1) is 15.0. The molecule has 1 aromatic carbocycles. The number of anilines is 1. The van der Waals surface area contributed by atoms with E-state index in [9.17, 15) is 15.0 Å². The van der Waals surface area contributed by atoms with Crippen molar-refractivity contribution in [3.8, 4) is 5.69 Å². The molecule has 0 saturated carbocycles. The molecule has 7 heteroatoms. The molecule has 0 unspecified atom stereocenters. The van der Waals surface area contributed by atoms with Crippen molar-refractivity contribution >= 4 is 11.6 Å². The highest BCUT2D eigenvalue weighted by Crippen LogP contribution is 2.12. The molecule has 1 heterocycles. The lowest BCUT2D eigenvalue weighted by Gasteiger charge is -2.25. The Kier molecular flexibility index (Phi) is 4.25. The van der Waals surface area contributed by atoms with Crippen molar-refractivity contribution in [2.24, 2.45) is 0 Å². The van der Waals surface area contributed by atoms with Crippen LogP contribution in [0.3, 0.4) is 0 Å². The van der Waals surface area contributed by atoms with Crippen LogP contribution in [0, 0.1) is 0 Å². The van der Waals surface area contributed by atoms with E-state index in [4.69, 9.17) is 5.73 Å². The minimum atomic E-state index is -1.09. The molecule has 1 aromatic heterocycles. The van der Waals surface area contributed by atoms with E-state index in [0.29, 0.717) is 5.69 Å². The van der Waals surface area contributed by atoms with Crippen molar-refractivity contribution in [3.05, 3.63) is 42.2 Å². The van der Waals surface area contributed by atoms with Gasteiger partial charge in [0.25, 0.3) is 5.91 Å². The van der Waals surface area contributed by atoms with Crippen LogP contribution in [0.4, 0.5) is 5.69 Å². The number of aromatic nitrogens is 2. The molecule has 0 aliphatic rings. The van der Waals surface area contributed by atoms with Gasteiger partial charge in [-0.2, -0.15) is 5.10 Å². The van der Waals surface area contributed by atoms with E-state index < -0.39 is 11.4 Å². The minimum absolute atomic E-state index is 0.186. The molecule has 0 saturated heterocycles. The van der Waals surface area contributed by atoms with Gasteiger partial charge in [0.15, 0.2) is 5.69 Å². The van der Waals surface area contributed by atoms with Gasteiger partial charge in [-0.15, -0.1) is 0 Å². The third-order valence-corrected chi connectivity index (χ3v) is 3.07. The van der Waals surface area contributed by atoms with Crippen LogP contribution >= 0.6 is 0 Å². The third kappa shape index (κ3) is 3.39. The molecular weight excluding hydrogens is 272 g/mol. The smallest absolute Gasteiger partial charge is 0.272 e. The number of aliphatic hydroxyl groups is 2. The third-order valence-electron chi connectivity index (χ3n) is 3.07. The average Bonchev–Trinajstić information content (AvgIpc) is 2.97. The Labute approximate surface area is 122 Å². The number of nitrogens with one attached hydrogen (secondary N) is 1. The van der Waals surface area contributed by atoms with Gasteiger partial charge in [-0.1, -0.05) is 6.07 Å². The second-order valence-electron chi connectivity index (χ2n) is 5.07. The zero-order chi connectivity index (χ0) is 15.5. The monoisotopic (exact) mass is 290 g/mol. The first-order valence-electron chi connectivity index (χ1n) is 6.43. The summed E-state index contributed by atoms with van der Waals surface area (Å²) in [5, 5.41) is 25.1. The van der Waals surface area contributed by atoms with Crippen LogP contribution in [-0.2, 0) is 0 Å². The maximum absolute atomic E-state index is 12.1. The number of carbonyl (C=O) groups is 1. The van der Waals surface area contributed by atoms with Gasteiger partial charge in [-0.05, 0) is 31.2 Å². The van der Waals surface area contributed by atoms with E-state index in [1.54, 1.807) is 37.4 Å². The number of carbonyl (C=O) groups excluding carboxylic acids is 1. The predicted molar refractivity (Wildman–Crippen MR) is 78.0 cm³/mol. The zero-order valence-electron chi connectivity index (χ0n) is 11.7. The van der Waals surface area contributed by atoms with Crippen LogP contribution in [0.2, 0.25) is 0 Å². The molecule has 21 heavy (non-hydrogen) atoms. The zero-order valence-corrected chi connectivity index (χ0v) is 11.7. The van der Waals surface area contributed by atoms with E-state index in [0.717, 1.165) is 5.69 Å². The Morgan fingerprint density at radius 3 is 2.71 bits per heavy atom. The lowest BCUT2D eigenvalue weighted by molar-refractivity contribution is 0.0719. The van der Waals surface area contributed by atoms with Crippen LogP contribution < -0.4 is 11.1 Å². The maximum atomic E-state index is 12.1. The Bertz CT molecular complexity index is 635. The largest absolute Gasteiger partial charge is 0.399 e. The van der Waals surface area contributed by atoms with Crippen LogP contribution in [0.1, 0.15) is 17.4 Å². The fourth-order valence-electron chi connectivity index (χ4n) is 1.72. The molecule has 7 nitrogen and oxygen atoms in total. The van der Waals surface area contributed by atoms with Gasteiger partial charge in [0.2, 0.25) is 0 Å². The molecule has 2 aromatic rings. The van der Waals surface area contributed by atoms with Crippen LogP contribution in [0.15, 0.2) is 36.5 Å². The van der Waals surface area contributed by atoms with Gasteiger partial charge >= 0.3 is 0 Å². The number of nitrogens with zero attached hydrogens (tertiary/aromatic N) is 2. The Morgan fingerprint density at radius 2 is 2.10 bits per heavy atom. The molecule has 2 rings (SSSR count). The number of hydrogen-bond acceptors (Lipinski definition) is 5. The highest BCUT2D eigenvalue weighted by atomic mass is 16.3. The molecule has 0 spiro atoms. The summed E-state index contributed by atoms with van der Waals surface area (Å²) in [6.45, 7) is 0.802. The normalized spacial score (nSPS) is 11.4. The molecule has 0 aliphatic heterocycles. The van der Waals surface area contributed by atoms with E-state index in [2.05, 4.69) is 10.4 Å². The summed E-state index contributed by atoms with van der Waals surface area (Å²) in [6.07, 6.45) is 1.64. The fourth-order valence-corrected chi connectivity index (χ4v) is 1.72. The number of nitrogens with two attached hydrogens (primary N) is 1. The van der Waals surface area contributed by atoms with Crippen molar-refractivity contribution in [2.45, 2.75) is 12.5 Å². The number of benzene rings is 1. The van der Waals surface area contributed by atoms with E-state index >= 15 is 0 Å². The van der Waals surface area contributed by atoms with E-state index in [1.165, 1.54) is 4.68 Å². The van der Waals surface area contributed by atoms with Gasteiger partial charge < -0.3 is 21.3 Å². The summed E-state index contributed by atoms with van der Waals surface area (Å²) in [5.41, 5.74) is 6.14. The second-order valence-corrected chi connectivity index (χ2v) is 5.07. The van der Waals surface area contributed by atoms with Crippen molar-refractivity contribution in [2.75, 3.05) is 18.9 Å². The summed E-state index contributed by atoms with van der Waals surface area (Å²) in [6, 6.07) is 8.65. The SMILES string of the molecule is CC(CO)(CO)NC(=O)c1ccn(-c2cccc(N)c2)n1. The Morgan fingerprint density at radius 1 is 1.38 bits per heavy atom. The number of rotatable bonds is 5. The van der Waals surface area contributed by atoms with Crippen molar-refractivity contribution < 1.29 is 15.0 Å². The summed E-state index contributed by atoms with van der Waals surface area (Å²) in [4.78, 5) is 12.1. The first-order valence-corrected chi connectivity index (χ1v) is 6.43. The maximum Gasteiger partial charge on any atom is 0.272 e. The van der Waals surface area contributed by atoms with Gasteiger partial charge in [0, 0.05) is 11.9 Å². The summed E-state index contributed by atoms with van der Waals surface area (Å²) in [7, 11) is 0. The molecule has 0 radical (unpaired) electrons. The fraction of sp³-hybridized carbons (Fsp3) is 0.286. The Balaban J connectivity index is 2.18. The van der Waals surface area contributed by atoms with E-state index in [1.807, 2.05) is 6.07 Å². The summed E-state index contributed by atoms with van der Waals surface area (Å²) >= 11 is 0.